The van der Waals surface area contributed by atoms with Gasteiger partial charge in [0.15, 0.2) is 0 Å². The van der Waals surface area contributed by atoms with Gasteiger partial charge in [0.25, 0.3) is 0 Å². The maximum atomic E-state index is 12.8. The molecule has 0 aromatic heterocycles. The predicted molar refractivity (Wildman–Crippen MR) is 99.7 cm³/mol. The number of piperazine rings is 1. The predicted octanol–water partition coefficient (Wildman–Crippen LogP) is 3.08. The van der Waals surface area contributed by atoms with Crippen molar-refractivity contribution in [2.45, 2.75) is 57.3 Å². The molecule has 9 heteroatoms. The third-order valence-electron chi connectivity index (χ3n) is 6.41. The number of rotatable bonds is 2. The SMILES string of the molecule is CC(N1CCN(C(=O)C2CC3CCCC(C2)C3N)CC1)C(F)(F)F.Cl.Cl. The third-order valence-corrected chi connectivity index (χ3v) is 6.41. The Labute approximate surface area is 165 Å². The summed E-state index contributed by atoms with van der Waals surface area (Å²) in [5, 5.41) is 0. The summed E-state index contributed by atoms with van der Waals surface area (Å²) < 4.78 is 38.4. The van der Waals surface area contributed by atoms with Crippen LogP contribution in [0.15, 0.2) is 0 Å². The van der Waals surface area contributed by atoms with Gasteiger partial charge in [-0.05, 0) is 44.4 Å². The summed E-state index contributed by atoms with van der Waals surface area (Å²) in [4.78, 5) is 16.0. The van der Waals surface area contributed by atoms with Crippen molar-refractivity contribution in [2.24, 2.45) is 23.5 Å². The van der Waals surface area contributed by atoms with Crippen molar-refractivity contribution >= 4 is 30.7 Å². The summed E-state index contributed by atoms with van der Waals surface area (Å²) in [6, 6.07) is -1.21. The van der Waals surface area contributed by atoms with E-state index in [-0.39, 0.29) is 42.7 Å². The van der Waals surface area contributed by atoms with E-state index in [1.54, 1.807) is 4.90 Å². The van der Waals surface area contributed by atoms with E-state index in [4.69, 9.17) is 5.73 Å². The van der Waals surface area contributed by atoms with Gasteiger partial charge in [-0.15, -0.1) is 24.8 Å². The van der Waals surface area contributed by atoms with E-state index in [2.05, 4.69) is 0 Å². The molecule has 3 aliphatic rings. The topological polar surface area (TPSA) is 49.6 Å². The maximum absolute atomic E-state index is 12.8. The second-order valence-electron chi connectivity index (χ2n) is 7.78. The second kappa shape index (κ2) is 9.30. The first-order valence-electron chi connectivity index (χ1n) is 9.12. The lowest BCUT2D eigenvalue weighted by Crippen LogP contribution is -2.56. The zero-order valence-electron chi connectivity index (χ0n) is 15.1. The van der Waals surface area contributed by atoms with Crippen molar-refractivity contribution in [1.82, 2.24) is 9.80 Å². The number of hydrogen-bond donors (Lipinski definition) is 1. The summed E-state index contributed by atoms with van der Waals surface area (Å²) in [5.41, 5.74) is 6.28. The molecule has 1 saturated heterocycles. The number of carbonyl (C=O) groups is 1. The zero-order chi connectivity index (χ0) is 17.5. The van der Waals surface area contributed by atoms with E-state index < -0.39 is 12.2 Å². The molecule has 154 valence electrons. The first-order valence-corrected chi connectivity index (χ1v) is 9.12. The van der Waals surface area contributed by atoms with Gasteiger partial charge in [-0.2, -0.15) is 13.2 Å². The fraction of sp³-hybridized carbons (Fsp3) is 0.941. The van der Waals surface area contributed by atoms with Gasteiger partial charge in [-0.3, -0.25) is 9.69 Å². The molecule has 2 bridgehead atoms. The fourth-order valence-corrected chi connectivity index (χ4v) is 4.79. The second-order valence-corrected chi connectivity index (χ2v) is 7.78. The van der Waals surface area contributed by atoms with Crippen LogP contribution in [0.3, 0.4) is 0 Å². The van der Waals surface area contributed by atoms with Crippen LogP contribution in [0, 0.1) is 17.8 Å². The number of halogens is 5. The quantitative estimate of drug-likeness (QED) is 0.747. The molecule has 4 nitrogen and oxygen atoms in total. The van der Waals surface area contributed by atoms with E-state index >= 15 is 0 Å². The van der Waals surface area contributed by atoms with Gasteiger partial charge in [-0.1, -0.05) is 6.42 Å². The molecular formula is C17H30Cl2F3N3O. The monoisotopic (exact) mass is 419 g/mol. The Morgan fingerprint density at radius 3 is 2.00 bits per heavy atom. The molecule has 3 fully saturated rings. The summed E-state index contributed by atoms with van der Waals surface area (Å²) >= 11 is 0. The Morgan fingerprint density at radius 1 is 1.04 bits per heavy atom. The Bertz CT molecular complexity index is 459. The van der Waals surface area contributed by atoms with Gasteiger partial charge in [0.05, 0.1) is 0 Å². The normalized spacial score (nSPS) is 33.7. The Kier molecular flexibility index (Phi) is 8.52. The third kappa shape index (κ3) is 4.97. The van der Waals surface area contributed by atoms with Crippen LogP contribution in [0.4, 0.5) is 13.2 Å². The molecule has 3 unspecified atom stereocenters. The zero-order valence-corrected chi connectivity index (χ0v) is 16.7. The van der Waals surface area contributed by atoms with Gasteiger partial charge >= 0.3 is 6.18 Å². The maximum Gasteiger partial charge on any atom is 0.403 e. The molecule has 2 saturated carbocycles. The number of amides is 1. The van der Waals surface area contributed by atoms with E-state index in [1.165, 1.54) is 18.2 Å². The van der Waals surface area contributed by atoms with E-state index in [0.717, 1.165) is 25.7 Å². The lowest BCUT2D eigenvalue weighted by Gasteiger charge is -2.45. The minimum atomic E-state index is -4.21. The van der Waals surface area contributed by atoms with Crippen LogP contribution in [0.25, 0.3) is 0 Å². The summed E-state index contributed by atoms with van der Waals surface area (Å²) in [7, 11) is 0. The number of nitrogens with two attached hydrogens (primary N) is 1. The Hall–Kier alpha value is -0.240. The summed E-state index contributed by atoms with van der Waals surface area (Å²) in [6.07, 6.45) is 0.934. The Morgan fingerprint density at radius 2 is 1.54 bits per heavy atom. The van der Waals surface area contributed by atoms with Gasteiger partial charge in [0, 0.05) is 38.1 Å². The van der Waals surface area contributed by atoms with Gasteiger partial charge in [0.1, 0.15) is 6.04 Å². The van der Waals surface area contributed by atoms with Crippen molar-refractivity contribution in [3.8, 4) is 0 Å². The molecule has 26 heavy (non-hydrogen) atoms. The molecule has 1 amide bonds. The summed E-state index contributed by atoms with van der Waals surface area (Å²) in [5.74, 6) is 1.04. The molecule has 0 spiro atoms. The number of carbonyl (C=O) groups excluding carboxylic acids is 1. The molecule has 0 radical (unpaired) electrons. The van der Waals surface area contributed by atoms with Crippen LogP contribution in [-0.2, 0) is 4.79 Å². The van der Waals surface area contributed by atoms with Crippen LogP contribution in [0.2, 0.25) is 0 Å². The average Bonchev–Trinajstić information content (AvgIpc) is 2.52. The number of hydrogen-bond acceptors (Lipinski definition) is 3. The highest BCUT2D eigenvalue weighted by atomic mass is 35.5. The molecule has 0 aromatic carbocycles. The van der Waals surface area contributed by atoms with Crippen molar-refractivity contribution in [3.05, 3.63) is 0 Å². The molecule has 0 aromatic rings. The van der Waals surface area contributed by atoms with E-state index in [0.29, 0.717) is 38.0 Å². The van der Waals surface area contributed by atoms with Crippen LogP contribution < -0.4 is 5.73 Å². The smallest absolute Gasteiger partial charge is 0.340 e. The average molecular weight is 420 g/mol. The van der Waals surface area contributed by atoms with Crippen LogP contribution in [0.1, 0.15) is 39.0 Å². The standard InChI is InChI=1S/C17H28F3N3O.2ClH/c1-11(17(18,19)20)22-5-7-23(8-6-22)16(24)14-9-12-3-2-4-13(10-14)15(12)21;;/h11-15H,2-10,21H2,1H3;2*1H. The summed E-state index contributed by atoms with van der Waals surface area (Å²) in [6.45, 7) is 2.59. The first-order chi connectivity index (χ1) is 11.3. The number of fused-ring (bicyclic) bond motifs is 2. The highest BCUT2D eigenvalue weighted by molar-refractivity contribution is 5.85. The van der Waals surface area contributed by atoms with Gasteiger partial charge < -0.3 is 10.6 Å². The van der Waals surface area contributed by atoms with Crippen LogP contribution in [0.5, 0.6) is 0 Å². The van der Waals surface area contributed by atoms with Crippen molar-refractivity contribution in [1.29, 1.82) is 0 Å². The van der Waals surface area contributed by atoms with E-state index in [1.807, 2.05) is 0 Å². The molecule has 1 heterocycles. The highest BCUT2D eigenvalue weighted by Crippen LogP contribution is 2.42. The highest BCUT2D eigenvalue weighted by Gasteiger charge is 2.44. The largest absolute Gasteiger partial charge is 0.403 e. The van der Waals surface area contributed by atoms with Crippen LogP contribution >= 0.6 is 24.8 Å². The van der Waals surface area contributed by atoms with Crippen molar-refractivity contribution in [2.75, 3.05) is 26.2 Å². The minimum absolute atomic E-state index is 0. The molecule has 3 rings (SSSR count). The molecule has 2 aliphatic carbocycles. The molecule has 3 atom stereocenters. The van der Waals surface area contributed by atoms with Crippen molar-refractivity contribution < 1.29 is 18.0 Å². The number of alkyl halides is 3. The number of nitrogens with zero attached hydrogens (tertiary/aromatic N) is 2. The van der Waals surface area contributed by atoms with E-state index in [9.17, 15) is 18.0 Å². The molecular weight excluding hydrogens is 390 g/mol. The first kappa shape index (κ1) is 23.8. The fourth-order valence-electron chi connectivity index (χ4n) is 4.79. The molecule has 1 aliphatic heterocycles. The van der Waals surface area contributed by atoms with Gasteiger partial charge in [0.2, 0.25) is 5.91 Å². The minimum Gasteiger partial charge on any atom is -0.340 e. The van der Waals surface area contributed by atoms with Gasteiger partial charge in [-0.25, -0.2) is 0 Å². The molecule has 2 N–H and O–H groups in total. The lowest BCUT2D eigenvalue weighted by molar-refractivity contribution is -0.183. The van der Waals surface area contributed by atoms with Crippen LogP contribution in [-0.4, -0.2) is 60.1 Å². The van der Waals surface area contributed by atoms with Crippen molar-refractivity contribution in [3.63, 3.8) is 0 Å². The Balaban J connectivity index is 0.00000169. The lowest BCUT2D eigenvalue weighted by atomic mass is 9.65.